The predicted octanol–water partition coefficient (Wildman–Crippen LogP) is 0.167. The molecule has 0 aromatic carbocycles. The topological polar surface area (TPSA) is 60.8 Å². The van der Waals surface area contributed by atoms with Gasteiger partial charge in [0.25, 0.3) is 0 Å². The zero-order chi connectivity index (χ0) is 10.4. The van der Waals surface area contributed by atoms with Gasteiger partial charge in [-0.15, -0.1) is 0 Å². The Morgan fingerprint density at radius 3 is 3.00 bits per heavy atom. The Bertz CT molecular complexity index is 240. The van der Waals surface area contributed by atoms with Crippen LogP contribution in [-0.4, -0.2) is 36.8 Å². The molecule has 0 aromatic rings. The van der Waals surface area contributed by atoms with Crippen LogP contribution in [0.2, 0.25) is 0 Å². The summed E-state index contributed by atoms with van der Waals surface area (Å²) >= 11 is 1.61. The third kappa shape index (κ3) is 2.62. The Hall–Kier alpha value is -0.750. The SMILES string of the molecule is CCN=C1NC=NC(NCC)(SC)N1. The van der Waals surface area contributed by atoms with Crippen molar-refractivity contribution in [2.45, 2.75) is 19.0 Å². The third-order valence-electron chi connectivity index (χ3n) is 1.76. The molecule has 6 heteroatoms. The van der Waals surface area contributed by atoms with Crippen LogP contribution in [0.15, 0.2) is 9.98 Å². The minimum atomic E-state index is -0.464. The summed E-state index contributed by atoms with van der Waals surface area (Å²) in [6.45, 7) is 5.65. The molecule has 1 rings (SSSR count). The van der Waals surface area contributed by atoms with E-state index in [9.17, 15) is 0 Å². The minimum Gasteiger partial charge on any atom is -0.317 e. The zero-order valence-electron chi connectivity index (χ0n) is 8.79. The first kappa shape index (κ1) is 11.3. The van der Waals surface area contributed by atoms with Crippen LogP contribution >= 0.6 is 11.8 Å². The van der Waals surface area contributed by atoms with Gasteiger partial charge in [-0.3, -0.25) is 10.3 Å². The molecule has 1 heterocycles. The lowest BCUT2D eigenvalue weighted by Gasteiger charge is -2.33. The lowest BCUT2D eigenvalue weighted by Crippen LogP contribution is -2.61. The summed E-state index contributed by atoms with van der Waals surface area (Å²) in [5.41, 5.74) is 0. The fourth-order valence-electron chi connectivity index (χ4n) is 1.16. The quantitative estimate of drug-likeness (QED) is 0.585. The van der Waals surface area contributed by atoms with E-state index in [1.807, 2.05) is 20.1 Å². The molecule has 14 heavy (non-hydrogen) atoms. The highest BCUT2D eigenvalue weighted by atomic mass is 32.2. The lowest BCUT2D eigenvalue weighted by molar-refractivity contribution is 0.459. The van der Waals surface area contributed by atoms with E-state index in [-0.39, 0.29) is 0 Å². The van der Waals surface area contributed by atoms with Crippen LogP contribution in [0, 0.1) is 0 Å². The standard InChI is InChI=1S/C8H17N5S/c1-4-9-7-10-6-12-8(13-7,14-3)11-5-2/h6,11H,4-5H2,1-3H3,(H2,9,10,12,13). The maximum Gasteiger partial charge on any atom is 0.238 e. The normalized spacial score (nSPS) is 28.6. The van der Waals surface area contributed by atoms with Gasteiger partial charge >= 0.3 is 0 Å². The van der Waals surface area contributed by atoms with Crippen molar-refractivity contribution in [3.63, 3.8) is 0 Å². The van der Waals surface area contributed by atoms with Crippen LogP contribution in [0.1, 0.15) is 13.8 Å². The van der Waals surface area contributed by atoms with Crippen molar-refractivity contribution in [2.75, 3.05) is 19.3 Å². The van der Waals surface area contributed by atoms with Crippen LogP contribution in [-0.2, 0) is 0 Å². The van der Waals surface area contributed by atoms with Crippen molar-refractivity contribution in [1.29, 1.82) is 0 Å². The lowest BCUT2D eigenvalue weighted by atomic mass is 10.6. The van der Waals surface area contributed by atoms with Crippen LogP contribution in [0.25, 0.3) is 0 Å². The average molecular weight is 215 g/mol. The molecule has 3 N–H and O–H groups in total. The maximum absolute atomic E-state index is 4.33. The van der Waals surface area contributed by atoms with Crippen LogP contribution < -0.4 is 16.0 Å². The number of hydrogen-bond acceptors (Lipinski definition) is 4. The van der Waals surface area contributed by atoms with Gasteiger partial charge in [0.15, 0.2) is 5.96 Å². The van der Waals surface area contributed by atoms with Crippen LogP contribution in [0.5, 0.6) is 0 Å². The molecule has 1 unspecified atom stereocenters. The zero-order valence-corrected chi connectivity index (χ0v) is 9.61. The second-order valence-electron chi connectivity index (χ2n) is 2.73. The van der Waals surface area contributed by atoms with Gasteiger partial charge in [-0.25, -0.2) is 4.99 Å². The van der Waals surface area contributed by atoms with Crippen molar-refractivity contribution in [3.05, 3.63) is 0 Å². The van der Waals surface area contributed by atoms with Crippen molar-refractivity contribution < 1.29 is 0 Å². The van der Waals surface area contributed by atoms with Gasteiger partial charge in [-0.2, -0.15) is 0 Å². The number of hydrogen-bond donors (Lipinski definition) is 3. The van der Waals surface area contributed by atoms with Crippen LogP contribution in [0.4, 0.5) is 0 Å². The summed E-state index contributed by atoms with van der Waals surface area (Å²) < 4.78 is 0. The molecule has 0 aromatic heterocycles. The fourth-order valence-corrected chi connectivity index (χ4v) is 1.81. The molecular weight excluding hydrogens is 198 g/mol. The Labute approximate surface area is 88.9 Å². The van der Waals surface area contributed by atoms with Gasteiger partial charge in [0, 0.05) is 6.54 Å². The number of nitrogens with one attached hydrogen (secondary N) is 3. The summed E-state index contributed by atoms with van der Waals surface area (Å²) in [5, 5.41) is 8.98. The van der Waals surface area contributed by atoms with Crippen molar-refractivity contribution in [2.24, 2.45) is 9.98 Å². The summed E-state index contributed by atoms with van der Waals surface area (Å²) in [6, 6.07) is 0. The molecule has 1 aliphatic heterocycles. The van der Waals surface area contributed by atoms with E-state index in [2.05, 4.69) is 25.9 Å². The van der Waals surface area contributed by atoms with E-state index in [1.165, 1.54) is 0 Å². The molecule has 0 fully saturated rings. The maximum atomic E-state index is 4.33. The Kier molecular flexibility index (Phi) is 4.21. The van der Waals surface area contributed by atoms with Crippen molar-refractivity contribution in [3.8, 4) is 0 Å². The number of thioether (sulfide) groups is 1. The van der Waals surface area contributed by atoms with Gasteiger partial charge in [-0.05, 0) is 19.7 Å². The molecule has 0 saturated carbocycles. The summed E-state index contributed by atoms with van der Waals surface area (Å²) in [5.74, 6) is 0.762. The van der Waals surface area contributed by atoms with Gasteiger partial charge in [0.2, 0.25) is 5.12 Å². The highest BCUT2D eigenvalue weighted by Gasteiger charge is 2.29. The molecule has 5 nitrogen and oxygen atoms in total. The fraction of sp³-hybridized carbons (Fsp3) is 0.750. The summed E-state index contributed by atoms with van der Waals surface area (Å²) in [4.78, 5) is 8.58. The largest absolute Gasteiger partial charge is 0.317 e. The third-order valence-corrected chi connectivity index (χ3v) is 2.71. The van der Waals surface area contributed by atoms with E-state index in [1.54, 1.807) is 18.1 Å². The molecule has 0 saturated heterocycles. The van der Waals surface area contributed by atoms with Gasteiger partial charge in [-0.1, -0.05) is 18.7 Å². The highest BCUT2D eigenvalue weighted by Crippen LogP contribution is 2.18. The number of rotatable bonds is 4. The molecule has 1 aliphatic rings. The van der Waals surface area contributed by atoms with Gasteiger partial charge < -0.3 is 10.6 Å². The molecule has 0 spiro atoms. The van der Waals surface area contributed by atoms with Crippen molar-refractivity contribution >= 4 is 24.1 Å². The summed E-state index contributed by atoms with van der Waals surface area (Å²) in [6.07, 6.45) is 3.67. The number of nitrogens with zero attached hydrogens (tertiary/aromatic N) is 2. The number of guanidine groups is 1. The second-order valence-corrected chi connectivity index (χ2v) is 3.73. The van der Waals surface area contributed by atoms with E-state index < -0.39 is 5.12 Å². The van der Waals surface area contributed by atoms with Gasteiger partial charge in [0.05, 0.1) is 6.34 Å². The van der Waals surface area contributed by atoms with Gasteiger partial charge in [0.1, 0.15) is 0 Å². The van der Waals surface area contributed by atoms with Crippen molar-refractivity contribution in [1.82, 2.24) is 16.0 Å². The number of aliphatic imine (C=N–C) groups is 2. The first-order valence-electron chi connectivity index (χ1n) is 4.69. The Morgan fingerprint density at radius 1 is 1.64 bits per heavy atom. The monoisotopic (exact) mass is 215 g/mol. The second kappa shape index (κ2) is 5.21. The molecule has 0 aliphatic carbocycles. The Balaban J connectivity index is 2.73. The van der Waals surface area contributed by atoms with E-state index >= 15 is 0 Å². The van der Waals surface area contributed by atoms with Crippen LogP contribution in [0.3, 0.4) is 0 Å². The Morgan fingerprint density at radius 2 is 2.43 bits per heavy atom. The molecular formula is C8H17N5S. The smallest absolute Gasteiger partial charge is 0.238 e. The average Bonchev–Trinajstić information content (AvgIpc) is 2.19. The molecule has 0 radical (unpaired) electrons. The first-order valence-corrected chi connectivity index (χ1v) is 5.92. The highest BCUT2D eigenvalue weighted by molar-refractivity contribution is 7.99. The summed E-state index contributed by atoms with van der Waals surface area (Å²) in [7, 11) is 0. The van der Waals surface area contributed by atoms with E-state index in [0.717, 1.165) is 19.0 Å². The molecule has 1 atom stereocenters. The molecule has 80 valence electrons. The first-order chi connectivity index (χ1) is 6.76. The van der Waals surface area contributed by atoms with E-state index in [0.29, 0.717) is 0 Å². The predicted molar refractivity (Wildman–Crippen MR) is 62.7 cm³/mol. The molecule has 0 bridgehead atoms. The molecule has 0 amide bonds. The van der Waals surface area contributed by atoms with E-state index in [4.69, 9.17) is 0 Å². The minimum absolute atomic E-state index is 0.464.